The fourth-order valence-corrected chi connectivity index (χ4v) is 5.93. The lowest BCUT2D eigenvalue weighted by molar-refractivity contribution is -0.0963. The van der Waals surface area contributed by atoms with Crippen molar-refractivity contribution in [2.24, 2.45) is 5.92 Å². The van der Waals surface area contributed by atoms with Crippen molar-refractivity contribution in [2.75, 3.05) is 24.7 Å². The molecule has 0 N–H and O–H groups in total. The lowest BCUT2D eigenvalue weighted by atomic mass is 9.60. The Kier molecular flexibility index (Phi) is 6.24. The molecule has 0 saturated carbocycles. The van der Waals surface area contributed by atoms with Crippen molar-refractivity contribution in [1.82, 2.24) is 0 Å². The third kappa shape index (κ3) is 4.24. The summed E-state index contributed by atoms with van der Waals surface area (Å²) in [6.07, 6.45) is -0.137. The Morgan fingerprint density at radius 3 is 2.44 bits per heavy atom. The summed E-state index contributed by atoms with van der Waals surface area (Å²) in [5.74, 6) is -3.80. The van der Waals surface area contributed by atoms with E-state index in [-0.39, 0.29) is 55.3 Å². The van der Waals surface area contributed by atoms with E-state index >= 15 is 4.39 Å². The third-order valence-corrected chi connectivity index (χ3v) is 8.34. The van der Waals surface area contributed by atoms with Gasteiger partial charge in [0.15, 0.2) is 11.6 Å². The maximum Gasteiger partial charge on any atom is 0.165 e. The summed E-state index contributed by atoms with van der Waals surface area (Å²) < 4.78 is 93.2. The van der Waals surface area contributed by atoms with Crippen molar-refractivity contribution in [3.8, 4) is 5.75 Å². The van der Waals surface area contributed by atoms with Crippen molar-refractivity contribution in [2.45, 2.75) is 37.7 Å². The molecule has 32 heavy (non-hydrogen) atoms. The van der Waals surface area contributed by atoms with Crippen LogP contribution in [0.25, 0.3) is 0 Å². The van der Waals surface area contributed by atoms with E-state index < -0.39 is 50.5 Å². The van der Waals surface area contributed by atoms with Crippen LogP contribution < -0.4 is 4.74 Å². The Morgan fingerprint density at radius 2 is 1.75 bits per heavy atom. The van der Waals surface area contributed by atoms with Gasteiger partial charge in [-0.05, 0) is 49.1 Å². The second-order valence-corrected chi connectivity index (χ2v) is 10.9. The Bertz CT molecular complexity index is 1100. The van der Waals surface area contributed by atoms with Crippen molar-refractivity contribution < 1.29 is 35.5 Å². The number of halogens is 4. The number of hydrogen-bond acceptors (Lipinski definition) is 4. The molecular formula is C23H24F4O4S. The fraction of sp³-hybridized carbons (Fsp3) is 0.478. The second-order valence-electron chi connectivity index (χ2n) is 8.45. The third-order valence-electron chi connectivity index (χ3n) is 6.60. The molecule has 9 heteroatoms. The summed E-state index contributed by atoms with van der Waals surface area (Å²) in [4.78, 5) is 0. The van der Waals surface area contributed by atoms with Gasteiger partial charge in [0.1, 0.15) is 27.3 Å². The zero-order chi connectivity index (χ0) is 23.1. The Hall–Kier alpha value is -2.13. The normalized spacial score (nSPS) is 25.0. The largest absolute Gasteiger partial charge is 0.490 e. The van der Waals surface area contributed by atoms with E-state index in [1.165, 1.54) is 12.1 Å². The quantitative estimate of drug-likeness (QED) is 0.587. The van der Waals surface area contributed by atoms with Gasteiger partial charge >= 0.3 is 0 Å². The molecule has 0 bridgehead atoms. The van der Waals surface area contributed by atoms with Gasteiger partial charge in [-0.2, -0.15) is 0 Å². The number of rotatable bonds is 6. The van der Waals surface area contributed by atoms with Crippen LogP contribution in [-0.2, 0) is 26.4 Å². The fourth-order valence-electron chi connectivity index (χ4n) is 5.05. The van der Waals surface area contributed by atoms with E-state index in [1.54, 1.807) is 6.92 Å². The first-order valence-corrected chi connectivity index (χ1v) is 12.4. The molecule has 1 fully saturated rings. The number of hydrogen-bond donors (Lipinski definition) is 0. The molecule has 0 radical (unpaired) electrons. The predicted molar refractivity (Wildman–Crippen MR) is 110 cm³/mol. The van der Waals surface area contributed by atoms with Gasteiger partial charge in [0.25, 0.3) is 0 Å². The van der Waals surface area contributed by atoms with Crippen molar-refractivity contribution in [3.05, 3.63) is 64.7 Å². The highest BCUT2D eigenvalue weighted by Crippen LogP contribution is 2.52. The minimum Gasteiger partial charge on any atom is -0.490 e. The first-order chi connectivity index (χ1) is 15.1. The maximum atomic E-state index is 15.2. The maximum absolute atomic E-state index is 15.2. The van der Waals surface area contributed by atoms with Crippen LogP contribution in [0.3, 0.4) is 0 Å². The van der Waals surface area contributed by atoms with E-state index in [0.29, 0.717) is 5.56 Å². The van der Waals surface area contributed by atoms with Crippen LogP contribution in [0.2, 0.25) is 0 Å². The van der Waals surface area contributed by atoms with Crippen molar-refractivity contribution in [3.63, 3.8) is 0 Å². The number of ether oxygens (including phenoxy) is 2. The highest BCUT2D eigenvalue weighted by atomic mass is 32.2. The summed E-state index contributed by atoms with van der Waals surface area (Å²) in [5, 5.41) is 0. The van der Waals surface area contributed by atoms with E-state index in [2.05, 4.69) is 0 Å². The van der Waals surface area contributed by atoms with Crippen LogP contribution in [0, 0.1) is 29.2 Å². The molecule has 174 valence electrons. The SMILES string of the molecule is CCS(=O)(=O)CC[C@@H]1OCC[C@@]2(Cc3cc(F)cc(F)c3)c3c(F)ccc(F)c3OC[C@@H]12. The molecule has 2 aliphatic heterocycles. The number of sulfone groups is 1. The average Bonchev–Trinajstić information content (AvgIpc) is 2.73. The smallest absolute Gasteiger partial charge is 0.165 e. The monoisotopic (exact) mass is 472 g/mol. The minimum absolute atomic E-state index is 0.0166. The van der Waals surface area contributed by atoms with E-state index in [1.807, 2.05) is 0 Å². The molecule has 0 aliphatic carbocycles. The lowest BCUT2D eigenvalue weighted by Crippen LogP contribution is -2.55. The zero-order valence-electron chi connectivity index (χ0n) is 17.5. The van der Waals surface area contributed by atoms with Gasteiger partial charge in [0.05, 0.1) is 18.5 Å². The first kappa shape index (κ1) is 23.0. The average molecular weight is 473 g/mol. The van der Waals surface area contributed by atoms with Crippen LogP contribution in [0.4, 0.5) is 17.6 Å². The molecule has 2 heterocycles. The molecule has 1 saturated heterocycles. The van der Waals surface area contributed by atoms with E-state index in [0.717, 1.165) is 18.2 Å². The molecule has 0 amide bonds. The molecule has 2 aromatic carbocycles. The first-order valence-electron chi connectivity index (χ1n) is 10.5. The summed E-state index contributed by atoms with van der Waals surface area (Å²) >= 11 is 0. The van der Waals surface area contributed by atoms with Gasteiger partial charge in [-0.3, -0.25) is 0 Å². The Balaban J connectivity index is 1.81. The summed E-state index contributed by atoms with van der Waals surface area (Å²) in [5.41, 5.74) is -0.755. The van der Waals surface area contributed by atoms with Gasteiger partial charge in [0.2, 0.25) is 0 Å². The highest BCUT2D eigenvalue weighted by Gasteiger charge is 2.53. The van der Waals surface area contributed by atoms with Crippen LogP contribution >= 0.6 is 0 Å². The lowest BCUT2D eigenvalue weighted by Gasteiger charge is -2.51. The van der Waals surface area contributed by atoms with Gasteiger partial charge in [-0.25, -0.2) is 26.0 Å². The molecular weight excluding hydrogens is 448 g/mol. The number of benzene rings is 2. The molecule has 4 rings (SSSR count). The van der Waals surface area contributed by atoms with Gasteiger partial charge in [-0.1, -0.05) is 6.92 Å². The molecule has 0 spiro atoms. The van der Waals surface area contributed by atoms with Gasteiger partial charge in [-0.15, -0.1) is 0 Å². The molecule has 2 aliphatic rings. The summed E-state index contributed by atoms with van der Waals surface area (Å²) in [7, 11) is -3.28. The topological polar surface area (TPSA) is 52.6 Å². The van der Waals surface area contributed by atoms with Crippen molar-refractivity contribution >= 4 is 9.84 Å². The van der Waals surface area contributed by atoms with Crippen LogP contribution in [0.1, 0.15) is 30.9 Å². The molecule has 0 aromatic heterocycles. The van der Waals surface area contributed by atoms with Crippen molar-refractivity contribution in [1.29, 1.82) is 0 Å². The van der Waals surface area contributed by atoms with Crippen LogP contribution in [0.15, 0.2) is 30.3 Å². The van der Waals surface area contributed by atoms with E-state index in [4.69, 9.17) is 9.47 Å². The summed E-state index contributed by atoms with van der Waals surface area (Å²) in [6, 6.07) is 5.09. The minimum atomic E-state index is -3.28. The molecule has 0 unspecified atom stereocenters. The molecule has 2 aromatic rings. The van der Waals surface area contributed by atoms with Gasteiger partial charge < -0.3 is 9.47 Å². The molecule has 4 nitrogen and oxygen atoms in total. The van der Waals surface area contributed by atoms with Crippen LogP contribution in [-0.4, -0.2) is 39.2 Å². The Morgan fingerprint density at radius 1 is 1.06 bits per heavy atom. The highest BCUT2D eigenvalue weighted by molar-refractivity contribution is 7.91. The molecule has 3 atom stereocenters. The van der Waals surface area contributed by atoms with Gasteiger partial charge in [0, 0.05) is 35.3 Å². The van der Waals surface area contributed by atoms with Crippen LogP contribution in [0.5, 0.6) is 5.75 Å². The standard InChI is InChI=1S/C23H24F4O4S/c1-2-32(28,29)8-5-20-17-13-31-22-19(27)4-3-18(26)21(22)23(17,6-7-30-20)12-14-9-15(24)11-16(25)10-14/h3-4,9-11,17,20H,2,5-8,12-13H2,1H3/t17-,20-,23-/m0/s1. The number of fused-ring (bicyclic) bond motifs is 3. The second kappa shape index (κ2) is 8.67. The Labute approximate surface area is 184 Å². The predicted octanol–water partition coefficient (Wildman–Crippen LogP) is 4.35. The zero-order valence-corrected chi connectivity index (χ0v) is 18.4. The van der Waals surface area contributed by atoms with E-state index in [9.17, 15) is 21.6 Å². The summed E-state index contributed by atoms with van der Waals surface area (Å²) in [6.45, 7) is 1.69.